The number of likely N-dealkylation sites (N-methyl/N-ethyl adjacent to an activating group) is 1. The fourth-order valence-corrected chi connectivity index (χ4v) is 2.09. The molecule has 2 atom stereocenters. The van der Waals surface area contributed by atoms with Gasteiger partial charge in [0.1, 0.15) is 5.75 Å². The SMILES string of the molecule is COc1ccccc1CC(C)N(C)CC(C)CN. The quantitative estimate of drug-likeness (QED) is 0.806. The van der Waals surface area contributed by atoms with Gasteiger partial charge in [0.2, 0.25) is 0 Å². The number of benzene rings is 1. The summed E-state index contributed by atoms with van der Waals surface area (Å²) in [6.45, 7) is 6.21. The molecule has 0 saturated carbocycles. The Morgan fingerprint density at radius 1 is 1.28 bits per heavy atom. The molecule has 1 rings (SSSR count). The maximum absolute atomic E-state index is 5.67. The van der Waals surface area contributed by atoms with Crippen molar-refractivity contribution in [2.24, 2.45) is 11.7 Å². The van der Waals surface area contributed by atoms with Crippen LogP contribution in [0, 0.1) is 5.92 Å². The number of methoxy groups -OCH3 is 1. The molecular formula is C15H26N2O. The number of nitrogens with two attached hydrogens (primary N) is 1. The van der Waals surface area contributed by atoms with E-state index in [1.807, 2.05) is 12.1 Å². The van der Waals surface area contributed by atoms with Crippen molar-refractivity contribution in [3.05, 3.63) is 29.8 Å². The second kappa shape index (κ2) is 7.39. The summed E-state index contributed by atoms with van der Waals surface area (Å²) < 4.78 is 5.39. The number of hydrogen-bond donors (Lipinski definition) is 1. The third-order valence-corrected chi connectivity index (χ3v) is 3.46. The van der Waals surface area contributed by atoms with Crippen LogP contribution >= 0.6 is 0 Å². The minimum atomic E-state index is 0.482. The van der Waals surface area contributed by atoms with Crippen molar-refractivity contribution in [3.63, 3.8) is 0 Å². The maximum atomic E-state index is 5.67. The van der Waals surface area contributed by atoms with Crippen LogP contribution in [0.4, 0.5) is 0 Å². The van der Waals surface area contributed by atoms with Crippen LogP contribution < -0.4 is 10.5 Å². The first-order valence-corrected chi connectivity index (χ1v) is 6.60. The van der Waals surface area contributed by atoms with E-state index in [0.29, 0.717) is 12.0 Å². The van der Waals surface area contributed by atoms with Gasteiger partial charge in [0.15, 0.2) is 0 Å². The summed E-state index contributed by atoms with van der Waals surface area (Å²) in [5, 5.41) is 0. The van der Waals surface area contributed by atoms with Crippen LogP contribution in [0.15, 0.2) is 24.3 Å². The fourth-order valence-electron chi connectivity index (χ4n) is 2.09. The molecule has 0 fully saturated rings. The minimum absolute atomic E-state index is 0.482. The molecule has 0 radical (unpaired) electrons. The summed E-state index contributed by atoms with van der Waals surface area (Å²) in [4.78, 5) is 2.37. The van der Waals surface area contributed by atoms with Gasteiger partial charge in [-0.15, -0.1) is 0 Å². The Kier molecular flexibility index (Phi) is 6.16. The van der Waals surface area contributed by atoms with Crippen molar-refractivity contribution in [1.29, 1.82) is 0 Å². The highest BCUT2D eigenvalue weighted by atomic mass is 16.5. The Balaban J connectivity index is 2.60. The van der Waals surface area contributed by atoms with Gasteiger partial charge in [0.25, 0.3) is 0 Å². The largest absolute Gasteiger partial charge is 0.496 e. The monoisotopic (exact) mass is 250 g/mol. The molecule has 18 heavy (non-hydrogen) atoms. The van der Waals surface area contributed by atoms with Gasteiger partial charge in [0.05, 0.1) is 7.11 Å². The molecule has 2 N–H and O–H groups in total. The molecule has 0 heterocycles. The summed E-state index contributed by atoms with van der Waals surface area (Å²) in [5.74, 6) is 1.51. The van der Waals surface area contributed by atoms with Crippen molar-refractivity contribution in [3.8, 4) is 5.75 Å². The molecule has 0 saturated heterocycles. The van der Waals surface area contributed by atoms with E-state index in [-0.39, 0.29) is 0 Å². The number of para-hydroxylation sites is 1. The first-order valence-electron chi connectivity index (χ1n) is 6.60. The first kappa shape index (κ1) is 15.0. The summed E-state index contributed by atoms with van der Waals surface area (Å²) in [5.41, 5.74) is 6.94. The summed E-state index contributed by atoms with van der Waals surface area (Å²) in [6.07, 6.45) is 0.998. The Labute approximate surface area is 111 Å². The molecule has 0 spiro atoms. The molecule has 102 valence electrons. The van der Waals surface area contributed by atoms with Crippen LogP contribution in [-0.2, 0) is 6.42 Å². The topological polar surface area (TPSA) is 38.5 Å². The average Bonchev–Trinajstić information content (AvgIpc) is 2.39. The third kappa shape index (κ3) is 4.31. The van der Waals surface area contributed by atoms with Crippen molar-refractivity contribution in [2.45, 2.75) is 26.3 Å². The van der Waals surface area contributed by atoms with E-state index in [2.05, 4.69) is 37.9 Å². The Morgan fingerprint density at radius 3 is 2.56 bits per heavy atom. The molecule has 0 aliphatic rings. The normalized spacial score (nSPS) is 14.6. The van der Waals surface area contributed by atoms with Gasteiger partial charge in [-0.2, -0.15) is 0 Å². The van der Waals surface area contributed by atoms with Crippen LogP contribution in [0.25, 0.3) is 0 Å². The molecule has 0 aliphatic carbocycles. The third-order valence-electron chi connectivity index (χ3n) is 3.46. The zero-order chi connectivity index (χ0) is 13.5. The van der Waals surface area contributed by atoms with E-state index >= 15 is 0 Å². The zero-order valence-electron chi connectivity index (χ0n) is 12.0. The van der Waals surface area contributed by atoms with Gasteiger partial charge < -0.3 is 15.4 Å². The molecule has 1 aromatic rings. The van der Waals surface area contributed by atoms with Gasteiger partial charge in [0, 0.05) is 12.6 Å². The van der Waals surface area contributed by atoms with Crippen molar-refractivity contribution < 1.29 is 4.74 Å². The van der Waals surface area contributed by atoms with Gasteiger partial charge in [-0.05, 0) is 44.5 Å². The second-order valence-corrected chi connectivity index (χ2v) is 5.15. The standard InChI is InChI=1S/C15H26N2O/c1-12(10-16)11-17(3)13(2)9-14-7-5-6-8-15(14)18-4/h5-8,12-13H,9-11,16H2,1-4H3. The highest BCUT2D eigenvalue weighted by Gasteiger charge is 2.14. The van der Waals surface area contributed by atoms with Gasteiger partial charge >= 0.3 is 0 Å². The van der Waals surface area contributed by atoms with E-state index in [9.17, 15) is 0 Å². The first-order chi connectivity index (χ1) is 8.58. The van der Waals surface area contributed by atoms with Crippen LogP contribution in [-0.4, -0.2) is 38.2 Å². The van der Waals surface area contributed by atoms with E-state index in [4.69, 9.17) is 10.5 Å². The molecular weight excluding hydrogens is 224 g/mol. The van der Waals surface area contributed by atoms with Crippen molar-refractivity contribution in [1.82, 2.24) is 4.90 Å². The van der Waals surface area contributed by atoms with Gasteiger partial charge in [-0.1, -0.05) is 25.1 Å². The van der Waals surface area contributed by atoms with Crippen LogP contribution in [0.3, 0.4) is 0 Å². The molecule has 0 aliphatic heterocycles. The lowest BCUT2D eigenvalue weighted by Crippen LogP contribution is -2.36. The number of rotatable bonds is 7. The lowest BCUT2D eigenvalue weighted by atomic mass is 10.0. The summed E-state index contributed by atoms with van der Waals surface area (Å²) >= 11 is 0. The van der Waals surface area contributed by atoms with E-state index in [0.717, 1.165) is 25.3 Å². The Bertz CT molecular complexity index is 354. The van der Waals surface area contributed by atoms with Crippen molar-refractivity contribution >= 4 is 0 Å². The lowest BCUT2D eigenvalue weighted by molar-refractivity contribution is 0.224. The number of ether oxygens (including phenoxy) is 1. The molecule has 0 amide bonds. The highest BCUT2D eigenvalue weighted by molar-refractivity contribution is 5.33. The van der Waals surface area contributed by atoms with Gasteiger partial charge in [-0.25, -0.2) is 0 Å². The molecule has 3 heteroatoms. The van der Waals surface area contributed by atoms with Crippen LogP contribution in [0.1, 0.15) is 19.4 Å². The van der Waals surface area contributed by atoms with E-state index < -0.39 is 0 Å². The summed E-state index contributed by atoms with van der Waals surface area (Å²) in [6, 6.07) is 8.70. The number of nitrogens with zero attached hydrogens (tertiary/aromatic N) is 1. The molecule has 1 aromatic carbocycles. The van der Waals surface area contributed by atoms with Crippen LogP contribution in [0.2, 0.25) is 0 Å². The number of hydrogen-bond acceptors (Lipinski definition) is 3. The molecule has 0 aromatic heterocycles. The average molecular weight is 250 g/mol. The Morgan fingerprint density at radius 2 is 1.94 bits per heavy atom. The van der Waals surface area contributed by atoms with E-state index in [1.54, 1.807) is 7.11 Å². The lowest BCUT2D eigenvalue weighted by Gasteiger charge is -2.27. The van der Waals surface area contributed by atoms with Crippen molar-refractivity contribution in [2.75, 3.05) is 27.2 Å². The Hall–Kier alpha value is -1.06. The molecule has 2 unspecified atom stereocenters. The summed E-state index contributed by atoms with van der Waals surface area (Å²) in [7, 11) is 3.88. The molecule has 3 nitrogen and oxygen atoms in total. The predicted octanol–water partition coefficient (Wildman–Crippen LogP) is 2.15. The minimum Gasteiger partial charge on any atom is -0.496 e. The maximum Gasteiger partial charge on any atom is 0.122 e. The smallest absolute Gasteiger partial charge is 0.122 e. The van der Waals surface area contributed by atoms with Crippen LogP contribution in [0.5, 0.6) is 5.75 Å². The van der Waals surface area contributed by atoms with Gasteiger partial charge in [-0.3, -0.25) is 0 Å². The fraction of sp³-hybridized carbons (Fsp3) is 0.600. The second-order valence-electron chi connectivity index (χ2n) is 5.15. The van der Waals surface area contributed by atoms with E-state index in [1.165, 1.54) is 5.56 Å². The molecule has 0 bridgehead atoms. The predicted molar refractivity (Wildman–Crippen MR) is 77.0 cm³/mol. The highest BCUT2D eigenvalue weighted by Crippen LogP contribution is 2.20. The zero-order valence-corrected chi connectivity index (χ0v) is 12.0.